The summed E-state index contributed by atoms with van der Waals surface area (Å²) in [5, 5.41) is 0. The topological polar surface area (TPSA) is 35.0 Å². The van der Waals surface area contributed by atoms with Crippen molar-refractivity contribution < 1.29 is 9.13 Å². The van der Waals surface area contributed by atoms with Gasteiger partial charge in [0.25, 0.3) is 0 Å². The third kappa shape index (κ3) is 10.9. The van der Waals surface area contributed by atoms with Gasteiger partial charge in [0, 0.05) is 23.5 Å². The van der Waals surface area contributed by atoms with Gasteiger partial charge in [0.15, 0.2) is 5.82 Å². The Kier molecular flexibility index (Phi) is 13.9. The average molecular weight is 519 g/mol. The van der Waals surface area contributed by atoms with E-state index in [2.05, 4.69) is 48.1 Å². The molecule has 0 fully saturated rings. The highest BCUT2D eigenvalue weighted by atomic mass is 19.1. The number of nitrogens with zero attached hydrogens (tertiary/aromatic N) is 2. The minimum atomic E-state index is -0.911. The van der Waals surface area contributed by atoms with Crippen molar-refractivity contribution in [2.24, 2.45) is 0 Å². The van der Waals surface area contributed by atoms with Crippen molar-refractivity contribution in [1.82, 2.24) is 9.97 Å². The summed E-state index contributed by atoms with van der Waals surface area (Å²) < 4.78 is 19.9. The molecule has 1 atom stereocenters. The van der Waals surface area contributed by atoms with Crippen molar-refractivity contribution in [1.29, 1.82) is 0 Å². The summed E-state index contributed by atoms with van der Waals surface area (Å²) in [4.78, 5) is 9.18. The van der Waals surface area contributed by atoms with Gasteiger partial charge < -0.3 is 4.74 Å². The molecule has 0 N–H and O–H groups in total. The van der Waals surface area contributed by atoms with Crippen LogP contribution in [0.15, 0.2) is 60.9 Å². The van der Waals surface area contributed by atoms with E-state index >= 15 is 0 Å². The average Bonchev–Trinajstić information content (AvgIpc) is 2.96. The lowest BCUT2D eigenvalue weighted by molar-refractivity contribution is 0.184. The molecule has 206 valence electrons. The van der Waals surface area contributed by atoms with Gasteiger partial charge in [-0.1, -0.05) is 121 Å². The summed E-state index contributed by atoms with van der Waals surface area (Å²) in [6, 6.07) is 16.4. The number of unbranched alkanes of at least 4 members (excludes halogenated alkanes) is 10. The Bertz CT molecular complexity index is 1000. The summed E-state index contributed by atoms with van der Waals surface area (Å²) >= 11 is 0. The van der Waals surface area contributed by atoms with Gasteiger partial charge in [-0.15, -0.1) is 0 Å². The zero-order chi connectivity index (χ0) is 26.8. The molecule has 0 saturated heterocycles. The van der Waals surface area contributed by atoms with Crippen LogP contribution in [-0.2, 0) is 6.42 Å². The van der Waals surface area contributed by atoms with E-state index in [1.165, 1.54) is 69.8 Å². The Hall–Kier alpha value is -2.75. The number of rotatable bonds is 19. The lowest BCUT2D eigenvalue weighted by Crippen LogP contribution is -2.12. The number of aromatic nitrogens is 2. The molecule has 4 heteroatoms. The molecule has 38 heavy (non-hydrogen) atoms. The summed E-state index contributed by atoms with van der Waals surface area (Å²) in [6.45, 7) is 4.60. The zero-order valence-corrected chi connectivity index (χ0v) is 23.6. The first-order valence-corrected chi connectivity index (χ1v) is 15.0. The minimum Gasteiger partial charge on any atom is -0.491 e. The number of ether oxygens (including phenoxy) is 1. The first kappa shape index (κ1) is 29.8. The summed E-state index contributed by atoms with van der Waals surface area (Å²) in [6.07, 6.45) is 19.5. The van der Waals surface area contributed by atoms with E-state index < -0.39 is 6.17 Å². The number of alkyl halides is 1. The molecule has 0 radical (unpaired) electrons. The van der Waals surface area contributed by atoms with Crippen LogP contribution in [-0.4, -0.2) is 22.7 Å². The fourth-order valence-electron chi connectivity index (χ4n) is 4.72. The molecule has 3 rings (SSSR count). The van der Waals surface area contributed by atoms with Crippen LogP contribution in [0.3, 0.4) is 0 Å². The number of hydrogen-bond donors (Lipinski definition) is 0. The minimum absolute atomic E-state index is 0.116. The van der Waals surface area contributed by atoms with Crippen LogP contribution in [0, 0.1) is 0 Å². The number of hydrogen-bond acceptors (Lipinski definition) is 3. The number of benzene rings is 2. The zero-order valence-electron chi connectivity index (χ0n) is 23.6. The maximum atomic E-state index is 14.3. The summed E-state index contributed by atoms with van der Waals surface area (Å²) in [7, 11) is 0. The van der Waals surface area contributed by atoms with Crippen LogP contribution < -0.4 is 4.74 Å². The monoisotopic (exact) mass is 518 g/mol. The SMILES string of the molecule is CCCCCCCCCCC(F)COc1ccc(-c2cnc(-c3ccc(CCCCCC)cc3)nc2)cc1. The Balaban J connectivity index is 1.39. The predicted molar refractivity (Wildman–Crippen MR) is 158 cm³/mol. The molecule has 0 bridgehead atoms. The van der Waals surface area contributed by atoms with Crippen LogP contribution >= 0.6 is 0 Å². The number of aryl methyl sites for hydroxylation is 1. The van der Waals surface area contributed by atoms with Crippen LogP contribution in [0.25, 0.3) is 22.5 Å². The van der Waals surface area contributed by atoms with Crippen molar-refractivity contribution >= 4 is 0 Å². The van der Waals surface area contributed by atoms with Gasteiger partial charge in [0.05, 0.1) is 0 Å². The van der Waals surface area contributed by atoms with Gasteiger partial charge >= 0.3 is 0 Å². The second-order valence-corrected chi connectivity index (χ2v) is 10.5. The molecule has 1 heterocycles. The van der Waals surface area contributed by atoms with Gasteiger partial charge in [-0.05, 0) is 42.5 Å². The van der Waals surface area contributed by atoms with Gasteiger partial charge in [-0.2, -0.15) is 0 Å². The molecule has 0 aliphatic carbocycles. The van der Waals surface area contributed by atoms with E-state index in [9.17, 15) is 4.39 Å². The molecule has 0 spiro atoms. The molecular weight excluding hydrogens is 471 g/mol. The fraction of sp³-hybridized carbons (Fsp3) is 0.529. The van der Waals surface area contributed by atoms with Crippen LogP contribution in [0.1, 0.15) is 103 Å². The van der Waals surface area contributed by atoms with Crippen molar-refractivity contribution in [3.63, 3.8) is 0 Å². The normalized spacial score (nSPS) is 12.0. The first-order valence-electron chi connectivity index (χ1n) is 15.0. The number of halogens is 1. The van der Waals surface area contributed by atoms with E-state index in [0.717, 1.165) is 41.8 Å². The van der Waals surface area contributed by atoms with Gasteiger partial charge in [0.2, 0.25) is 0 Å². The van der Waals surface area contributed by atoms with E-state index in [4.69, 9.17) is 4.74 Å². The first-order chi connectivity index (χ1) is 18.7. The lowest BCUT2D eigenvalue weighted by Gasteiger charge is -2.11. The molecule has 3 nitrogen and oxygen atoms in total. The fourth-order valence-corrected chi connectivity index (χ4v) is 4.72. The molecule has 3 aromatic rings. The van der Waals surface area contributed by atoms with Crippen LogP contribution in [0.2, 0.25) is 0 Å². The lowest BCUT2D eigenvalue weighted by atomic mass is 10.0. The Morgan fingerprint density at radius 2 is 1.18 bits per heavy atom. The molecule has 0 saturated carbocycles. The summed E-state index contributed by atoms with van der Waals surface area (Å²) in [5.41, 5.74) is 4.37. The van der Waals surface area contributed by atoms with Crippen LogP contribution in [0.4, 0.5) is 4.39 Å². The highest BCUT2D eigenvalue weighted by Crippen LogP contribution is 2.24. The maximum Gasteiger partial charge on any atom is 0.159 e. The predicted octanol–water partition coefficient (Wildman–Crippen LogP) is 10.2. The summed E-state index contributed by atoms with van der Waals surface area (Å²) in [5.74, 6) is 1.43. The van der Waals surface area contributed by atoms with E-state index in [1.807, 2.05) is 36.7 Å². The smallest absolute Gasteiger partial charge is 0.159 e. The van der Waals surface area contributed by atoms with Crippen molar-refractivity contribution in [3.8, 4) is 28.3 Å². The van der Waals surface area contributed by atoms with Crippen molar-refractivity contribution in [2.75, 3.05) is 6.61 Å². The van der Waals surface area contributed by atoms with Crippen LogP contribution in [0.5, 0.6) is 5.75 Å². The van der Waals surface area contributed by atoms with Gasteiger partial charge in [-0.25, -0.2) is 14.4 Å². The Morgan fingerprint density at radius 1 is 0.632 bits per heavy atom. The molecule has 1 aromatic heterocycles. The molecule has 0 amide bonds. The standard InChI is InChI=1S/C34H47FN2O/c1-3-5-7-9-10-11-12-14-16-32(35)27-38-33-23-21-29(22-24-33)31-25-36-34(37-26-31)30-19-17-28(18-20-30)15-13-8-6-4-2/h17-26,32H,3-16,27H2,1-2H3. The largest absolute Gasteiger partial charge is 0.491 e. The maximum absolute atomic E-state index is 14.3. The van der Waals surface area contributed by atoms with E-state index in [0.29, 0.717) is 12.2 Å². The Labute approximate surface area is 230 Å². The van der Waals surface area contributed by atoms with Crippen molar-refractivity contribution in [3.05, 3.63) is 66.5 Å². The second-order valence-electron chi connectivity index (χ2n) is 10.5. The third-order valence-electron chi connectivity index (χ3n) is 7.17. The third-order valence-corrected chi connectivity index (χ3v) is 7.17. The van der Waals surface area contributed by atoms with Gasteiger partial charge in [-0.3, -0.25) is 0 Å². The molecule has 0 aliphatic heterocycles. The molecule has 0 aliphatic rings. The quantitative estimate of drug-likeness (QED) is 0.148. The highest BCUT2D eigenvalue weighted by Gasteiger charge is 2.08. The molecule has 2 aromatic carbocycles. The van der Waals surface area contributed by atoms with E-state index in [-0.39, 0.29) is 6.61 Å². The molecular formula is C34H47FN2O. The van der Waals surface area contributed by atoms with E-state index in [1.54, 1.807) is 0 Å². The van der Waals surface area contributed by atoms with Gasteiger partial charge in [0.1, 0.15) is 18.5 Å². The second kappa shape index (κ2) is 17.7. The van der Waals surface area contributed by atoms with Crippen molar-refractivity contribution in [2.45, 2.75) is 110 Å². The highest BCUT2D eigenvalue weighted by molar-refractivity contribution is 5.64. The molecule has 1 unspecified atom stereocenters. The Morgan fingerprint density at radius 3 is 1.82 bits per heavy atom.